The number of rotatable bonds is 0. The Balaban J connectivity index is 3.01. The van der Waals surface area contributed by atoms with E-state index < -0.39 is 11.6 Å². The van der Waals surface area contributed by atoms with Crippen molar-refractivity contribution in [1.29, 1.82) is 0 Å². The summed E-state index contributed by atoms with van der Waals surface area (Å²) >= 11 is 5.64. The highest BCUT2D eigenvalue weighted by atomic mass is 35.5. The first kappa shape index (κ1) is 9.15. The number of aromatic nitrogens is 1. The van der Waals surface area contributed by atoms with Gasteiger partial charge < -0.3 is 5.73 Å². The molecule has 0 aliphatic carbocycles. The molecule has 2 aromatic rings. The molecule has 72 valence electrons. The van der Waals surface area contributed by atoms with Gasteiger partial charge in [0, 0.05) is 6.20 Å². The third kappa shape index (κ3) is 1.19. The highest BCUT2D eigenvalue weighted by molar-refractivity contribution is 6.34. The van der Waals surface area contributed by atoms with Crippen molar-refractivity contribution in [3.8, 4) is 0 Å². The number of anilines is 1. The number of benzene rings is 1. The van der Waals surface area contributed by atoms with Crippen LogP contribution in [-0.4, -0.2) is 4.98 Å². The molecule has 0 saturated carbocycles. The average Bonchev–Trinajstić information content (AvgIpc) is 2.16. The third-order valence-electron chi connectivity index (χ3n) is 1.91. The zero-order valence-corrected chi connectivity index (χ0v) is 7.65. The van der Waals surface area contributed by atoms with E-state index in [0.29, 0.717) is 0 Å². The molecule has 0 atom stereocenters. The maximum atomic E-state index is 13.3. The number of nitrogens with zero attached hydrogens (tertiary/aromatic N) is 1. The summed E-state index contributed by atoms with van der Waals surface area (Å²) in [6, 6.07) is 1.99. The monoisotopic (exact) mass is 214 g/mol. The average molecular weight is 215 g/mol. The molecule has 5 heteroatoms. The van der Waals surface area contributed by atoms with Gasteiger partial charge in [0.1, 0.15) is 17.2 Å². The van der Waals surface area contributed by atoms with Crippen LogP contribution in [0.25, 0.3) is 10.9 Å². The second kappa shape index (κ2) is 3.06. The Morgan fingerprint density at radius 3 is 2.57 bits per heavy atom. The third-order valence-corrected chi connectivity index (χ3v) is 2.21. The molecule has 1 aromatic heterocycles. The smallest absolute Gasteiger partial charge is 0.149 e. The quantitative estimate of drug-likeness (QED) is 0.732. The Labute approximate surface area is 83.3 Å². The molecule has 0 aliphatic heterocycles. The molecule has 0 bridgehead atoms. The van der Waals surface area contributed by atoms with Crippen molar-refractivity contribution in [2.45, 2.75) is 0 Å². The molecule has 14 heavy (non-hydrogen) atoms. The van der Waals surface area contributed by atoms with Gasteiger partial charge in [-0.25, -0.2) is 8.78 Å². The topological polar surface area (TPSA) is 38.9 Å². The Kier molecular flexibility index (Phi) is 2.00. The minimum absolute atomic E-state index is 0.00802. The van der Waals surface area contributed by atoms with E-state index in [0.717, 1.165) is 12.1 Å². The van der Waals surface area contributed by atoms with Gasteiger partial charge >= 0.3 is 0 Å². The summed E-state index contributed by atoms with van der Waals surface area (Å²) < 4.78 is 26.4. The zero-order chi connectivity index (χ0) is 10.3. The summed E-state index contributed by atoms with van der Waals surface area (Å²) in [5.74, 6) is -1.25. The van der Waals surface area contributed by atoms with Crippen molar-refractivity contribution < 1.29 is 8.78 Å². The maximum absolute atomic E-state index is 13.3. The van der Waals surface area contributed by atoms with E-state index in [9.17, 15) is 8.78 Å². The molecule has 0 saturated heterocycles. The lowest BCUT2D eigenvalue weighted by molar-refractivity contribution is 0.615. The lowest BCUT2D eigenvalue weighted by Crippen LogP contribution is -1.95. The molecule has 0 unspecified atom stereocenters. The van der Waals surface area contributed by atoms with Crippen LogP contribution in [0.3, 0.4) is 0 Å². The van der Waals surface area contributed by atoms with Gasteiger partial charge in [0.25, 0.3) is 0 Å². The highest BCUT2D eigenvalue weighted by Crippen LogP contribution is 2.29. The summed E-state index contributed by atoms with van der Waals surface area (Å²) in [4.78, 5) is 3.68. The molecular formula is C9H5ClF2N2. The first-order valence-corrected chi connectivity index (χ1v) is 4.16. The number of hydrogen-bond donors (Lipinski definition) is 1. The highest BCUT2D eigenvalue weighted by Gasteiger charge is 2.12. The number of nitrogens with two attached hydrogens (primary N) is 1. The molecule has 0 amide bonds. The molecule has 0 spiro atoms. The van der Waals surface area contributed by atoms with Crippen LogP contribution in [0.15, 0.2) is 18.3 Å². The second-order valence-electron chi connectivity index (χ2n) is 2.77. The Morgan fingerprint density at radius 1 is 1.21 bits per heavy atom. The van der Waals surface area contributed by atoms with Gasteiger partial charge in [-0.1, -0.05) is 11.6 Å². The Morgan fingerprint density at radius 2 is 1.86 bits per heavy atom. The molecule has 1 heterocycles. The van der Waals surface area contributed by atoms with Crippen LogP contribution in [-0.2, 0) is 0 Å². The van der Waals surface area contributed by atoms with Crippen LogP contribution < -0.4 is 5.73 Å². The molecule has 2 nitrogen and oxygen atoms in total. The van der Waals surface area contributed by atoms with Gasteiger partial charge in [0.2, 0.25) is 0 Å². The summed E-state index contributed by atoms with van der Waals surface area (Å²) in [7, 11) is 0. The second-order valence-corrected chi connectivity index (χ2v) is 3.18. The first-order valence-electron chi connectivity index (χ1n) is 3.79. The van der Waals surface area contributed by atoms with Crippen LogP contribution in [0.4, 0.5) is 14.5 Å². The van der Waals surface area contributed by atoms with E-state index >= 15 is 0 Å². The maximum Gasteiger partial charge on any atom is 0.149 e. The fourth-order valence-corrected chi connectivity index (χ4v) is 1.38. The minimum Gasteiger partial charge on any atom is -0.397 e. The van der Waals surface area contributed by atoms with E-state index in [-0.39, 0.29) is 21.6 Å². The van der Waals surface area contributed by atoms with Gasteiger partial charge in [0.15, 0.2) is 0 Å². The summed E-state index contributed by atoms with van der Waals surface area (Å²) in [5.41, 5.74) is 5.41. The number of pyridine rings is 1. The van der Waals surface area contributed by atoms with Crippen LogP contribution in [0.5, 0.6) is 0 Å². The normalized spacial score (nSPS) is 10.8. The SMILES string of the molecule is Nc1c(Cl)cnc2c(F)ccc(F)c12. The van der Waals surface area contributed by atoms with Crippen LogP contribution in [0.1, 0.15) is 0 Å². The van der Waals surface area contributed by atoms with E-state index in [4.69, 9.17) is 17.3 Å². The number of halogens is 3. The summed E-state index contributed by atoms with van der Waals surface area (Å²) in [6.45, 7) is 0. The Hall–Kier alpha value is -1.42. The molecule has 0 fully saturated rings. The molecular weight excluding hydrogens is 210 g/mol. The van der Waals surface area contributed by atoms with Crippen molar-refractivity contribution in [3.05, 3.63) is 35.0 Å². The lowest BCUT2D eigenvalue weighted by Gasteiger charge is -2.04. The van der Waals surface area contributed by atoms with Crippen molar-refractivity contribution >= 4 is 28.2 Å². The van der Waals surface area contributed by atoms with Crippen molar-refractivity contribution in [2.75, 3.05) is 5.73 Å². The molecule has 0 radical (unpaired) electrons. The van der Waals surface area contributed by atoms with Gasteiger partial charge in [-0.2, -0.15) is 0 Å². The molecule has 2 rings (SSSR count). The number of nitrogen functional groups attached to an aromatic ring is 1. The predicted molar refractivity (Wildman–Crippen MR) is 51.1 cm³/mol. The van der Waals surface area contributed by atoms with Gasteiger partial charge in [0.05, 0.1) is 16.1 Å². The van der Waals surface area contributed by atoms with E-state index in [1.165, 1.54) is 6.20 Å². The standard InChI is InChI=1S/C9H5ClF2N2/c10-4-3-14-9-6(12)2-1-5(11)7(9)8(4)13/h1-3H,(H2,13,14). The Bertz CT molecular complexity index is 514. The molecule has 0 aliphatic rings. The summed E-state index contributed by atoms with van der Waals surface area (Å²) in [5, 5.41) is 0.0412. The largest absolute Gasteiger partial charge is 0.397 e. The summed E-state index contributed by atoms with van der Waals surface area (Å²) in [6.07, 6.45) is 1.20. The van der Waals surface area contributed by atoms with Gasteiger partial charge in [-0.05, 0) is 12.1 Å². The predicted octanol–water partition coefficient (Wildman–Crippen LogP) is 2.75. The fourth-order valence-electron chi connectivity index (χ4n) is 1.23. The van der Waals surface area contributed by atoms with E-state index in [2.05, 4.69) is 4.98 Å². The fraction of sp³-hybridized carbons (Fsp3) is 0. The van der Waals surface area contributed by atoms with E-state index in [1.54, 1.807) is 0 Å². The van der Waals surface area contributed by atoms with Crippen molar-refractivity contribution in [1.82, 2.24) is 4.98 Å². The molecule has 1 aromatic carbocycles. The first-order chi connectivity index (χ1) is 6.61. The number of hydrogen-bond acceptors (Lipinski definition) is 2. The van der Waals surface area contributed by atoms with Crippen molar-refractivity contribution in [3.63, 3.8) is 0 Å². The van der Waals surface area contributed by atoms with Gasteiger partial charge in [-0.3, -0.25) is 4.98 Å². The minimum atomic E-state index is -0.631. The van der Waals surface area contributed by atoms with Crippen molar-refractivity contribution in [2.24, 2.45) is 0 Å². The van der Waals surface area contributed by atoms with E-state index in [1.807, 2.05) is 0 Å². The molecule has 2 N–H and O–H groups in total. The van der Waals surface area contributed by atoms with Crippen LogP contribution in [0.2, 0.25) is 5.02 Å². The lowest BCUT2D eigenvalue weighted by atomic mass is 10.1. The number of fused-ring (bicyclic) bond motifs is 1. The van der Waals surface area contributed by atoms with Crippen LogP contribution in [0, 0.1) is 11.6 Å². The van der Waals surface area contributed by atoms with Crippen LogP contribution >= 0.6 is 11.6 Å². The van der Waals surface area contributed by atoms with Gasteiger partial charge in [-0.15, -0.1) is 0 Å². The zero-order valence-electron chi connectivity index (χ0n) is 6.89.